The number of benzene rings is 2. The number of phenolic OH excluding ortho intramolecular Hbond substituents is 1. The van der Waals surface area contributed by atoms with Crippen LogP contribution in [0.1, 0.15) is 22.3 Å². The van der Waals surface area contributed by atoms with Crippen LogP contribution in [-0.4, -0.2) is 42.2 Å². The van der Waals surface area contributed by atoms with Crippen molar-refractivity contribution in [2.45, 2.75) is 38.8 Å². The van der Waals surface area contributed by atoms with Crippen molar-refractivity contribution in [1.29, 1.82) is 0 Å². The molecule has 1 aliphatic heterocycles. The summed E-state index contributed by atoms with van der Waals surface area (Å²) in [5.74, 6) is 0.458. The van der Waals surface area contributed by atoms with E-state index >= 15 is 0 Å². The van der Waals surface area contributed by atoms with Gasteiger partial charge in [0.2, 0.25) is 0 Å². The topological polar surface area (TPSA) is 26.7 Å². The molecule has 0 spiro atoms. The third kappa shape index (κ3) is 2.48. The summed E-state index contributed by atoms with van der Waals surface area (Å²) in [5, 5.41) is 10.3. The molecule has 2 aromatic rings. The lowest BCUT2D eigenvalue weighted by molar-refractivity contribution is 0.163. The van der Waals surface area contributed by atoms with Gasteiger partial charge in [0.15, 0.2) is 0 Å². The van der Waals surface area contributed by atoms with E-state index in [-0.39, 0.29) is 0 Å². The Balaban J connectivity index is 1.74. The Morgan fingerprint density at radius 2 is 1.83 bits per heavy atom. The Hall–Kier alpha value is -2.00. The van der Waals surface area contributed by atoms with E-state index in [1.54, 1.807) is 0 Å². The molecule has 3 heteroatoms. The Morgan fingerprint density at radius 1 is 1.00 bits per heavy atom. The highest BCUT2D eigenvalue weighted by molar-refractivity contribution is 5.57. The minimum atomic E-state index is 0.422. The Morgan fingerprint density at radius 3 is 2.62 bits per heavy atom. The van der Waals surface area contributed by atoms with Crippen LogP contribution in [0.3, 0.4) is 0 Å². The molecule has 1 aliphatic carbocycles. The average Bonchev–Trinajstić information content (AvgIpc) is 2.56. The van der Waals surface area contributed by atoms with Gasteiger partial charge in [0.05, 0.1) is 0 Å². The second-order valence-corrected chi connectivity index (χ2v) is 7.42. The van der Waals surface area contributed by atoms with E-state index in [0.29, 0.717) is 17.8 Å². The average molecular weight is 322 g/mol. The zero-order valence-corrected chi connectivity index (χ0v) is 14.8. The quantitative estimate of drug-likeness (QED) is 0.873. The van der Waals surface area contributed by atoms with Gasteiger partial charge in [-0.1, -0.05) is 29.8 Å². The Kier molecular flexibility index (Phi) is 3.76. The van der Waals surface area contributed by atoms with Crippen molar-refractivity contribution in [2.75, 3.05) is 25.0 Å². The molecule has 3 nitrogen and oxygen atoms in total. The lowest BCUT2D eigenvalue weighted by Gasteiger charge is -2.50. The standard InChI is InChI=1S/C21H26N2O/c1-14-7-8-18(15(2)11-14)23-10-9-22(3)19-12-16-5-4-6-21(24)17(16)13-20(19)23/h4-8,11,19-20,24H,9-10,12-13H2,1-3H3. The van der Waals surface area contributed by atoms with Crippen LogP contribution >= 0.6 is 0 Å². The van der Waals surface area contributed by atoms with Crippen molar-refractivity contribution >= 4 is 5.69 Å². The SMILES string of the molecule is Cc1ccc(N2CCN(C)C3Cc4cccc(O)c4CC32)c(C)c1. The van der Waals surface area contributed by atoms with Crippen molar-refractivity contribution < 1.29 is 5.11 Å². The van der Waals surface area contributed by atoms with Crippen LogP contribution in [0, 0.1) is 13.8 Å². The summed E-state index contributed by atoms with van der Waals surface area (Å²) in [5.41, 5.74) is 6.46. The molecular formula is C21H26N2O. The van der Waals surface area contributed by atoms with Gasteiger partial charge in [0.25, 0.3) is 0 Å². The van der Waals surface area contributed by atoms with Crippen LogP contribution in [0.5, 0.6) is 5.75 Å². The maximum absolute atomic E-state index is 10.3. The van der Waals surface area contributed by atoms with Gasteiger partial charge in [-0.2, -0.15) is 0 Å². The maximum Gasteiger partial charge on any atom is 0.119 e. The van der Waals surface area contributed by atoms with Gasteiger partial charge in [-0.3, -0.25) is 4.90 Å². The minimum Gasteiger partial charge on any atom is -0.508 e. The third-order valence-corrected chi connectivity index (χ3v) is 5.86. The molecule has 0 amide bonds. The van der Waals surface area contributed by atoms with Crippen LogP contribution in [0.25, 0.3) is 0 Å². The molecule has 0 aromatic heterocycles. The molecule has 2 atom stereocenters. The molecule has 2 aromatic carbocycles. The normalized spacial score (nSPS) is 23.7. The fourth-order valence-electron chi connectivity index (χ4n) is 4.55. The van der Waals surface area contributed by atoms with Crippen LogP contribution in [-0.2, 0) is 12.8 Å². The van der Waals surface area contributed by atoms with Crippen molar-refractivity contribution in [1.82, 2.24) is 4.90 Å². The van der Waals surface area contributed by atoms with E-state index in [1.165, 1.54) is 22.4 Å². The molecular weight excluding hydrogens is 296 g/mol. The highest BCUT2D eigenvalue weighted by atomic mass is 16.3. The number of piperazine rings is 1. The number of hydrogen-bond acceptors (Lipinski definition) is 3. The zero-order valence-electron chi connectivity index (χ0n) is 14.8. The summed E-state index contributed by atoms with van der Waals surface area (Å²) >= 11 is 0. The lowest BCUT2D eigenvalue weighted by Crippen LogP contribution is -2.61. The molecule has 1 fully saturated rings. The first-order valence-electron chi connectivity index (χ1n) is 8.88. The number of rotatable bonds is 1. The van der Waals surface area contributed by atoms with E-state index in [0.717, 1.165) is 31.5 Å². The van der Waals surface area contributed by atoms with Gasteiger partial charge in [-0.15, -0.1) is 0 Å². The van der Waals surface area contributed by atoms with E-state index in [9.17, 15) is 5.11 Å². The predicted molar refractivity (Wildman–Crippen MR) is 99.0 cm³/mol. The third-order valence-electron chi connectivity index (χ3n) is 5.86. The van der Waals surface area contributed by atoms with Crippen LogP contribution < -0.4 is 4.90 Å². The van der Waals surface area contributed by atoms with Crippen molar-refractivity contribution in [2.24, 2.45) is 0 Å². The number of likely N-dealkylation sites (N-methyl/N-ethyl adjacent to an activating group) is 1. The summed E-state index contributed by atoms with van der Waals surface area (Å²) in [6, 6.07) is 13.7. The van der Waals surface area contributed by atoms with E-state index in [2.05, 4.69) is 55.0 Å². The summed E-state index contributed by atoms with van der Waals surface area (Å²) < 4.78 is 0. The molecule has 1 heterocycles. The molecule has 1 N–H and O–H groups in total. The number of aryl methyl sites for hydroxylation is 2. The first kappa shape index (κ1) is 15.5. The largest absolute Gasteiger partial charge is 0.508 e. The van der Waals surface area contributed by atoms with Gasteiger partial charge < -0.3 is 10.0 Å². The molecule has 0 radical (unpaired) electrons. The molecule has 24 heavy (non-hydrogen) atoms. The summed E-state index contributed by atoms with van der Waals surface area (Å²) in [4.78, 5) is 5.08. The lowest BCUT2D eigenvalue weighted by atomic mass is 9.81. The van der Waals surface area contributed by atoms with Gasteiger partial charge in [0.1, 0.15) is 5.75 Å². The number of nitrogens with zero attached hydrogens (tertiary/aromatic N) is 2. The van der Waals surface area contributed by atoms with Gasteiger partial charge in [0, 0.05) is 30.9 Å². The maximum atomic E-state index is 10.3. The van der Waals surface area contributed by atoms with Gasteiger partial charge >= 0.3 is 0 Å². The number of aromatic hydroxyl groups is 1. The van der Waals surface area contributed by atoms with Crippen LogP contribution in [0.4, 0.5) is 5.69 Å². The second-order valence-electron chi connectivity index (χ2n) is 7.42. The van der Waals surface area contributed by atoms with E-state index < -0.39 is 0 Å². The summed E-state index contributed by atoms with van der Waals surface area (Å²) in [6.45, 7) is 6.50. The van der Waals surface area contributed by atoms with Crippen LogP contribution in [0.15, 0.2) is 36.4 Å². The molecule has 0 saturated carbocycles. The monoisotopic (exact) mass is 322 g/mol. The first-order valence-corrected chi connectivity index (χ1v) is 8.88. The number of anilines is 1. The first-order chi connectivity index (χ1) is 11.5. The predicted octanol–water partition coefficient (Wildman–Crippen LogP) is 3.30. The Bertz CT molecular complexity index is 770. The van der Waals surface area contributed by atoms with Gasteiger partial charge in [-0.25, -0.2) is 0 Å². The second kappa shape index (κ2) is 5.82. The fourth-order valence-corrected chi connectivity index (χ4v) is 4.55. The summed E-state index contributed by atoms with van der Waals surface area (Å²) in [6.07, 6.45) is 1.94. The number of hydrogen-bond donors (Lipinski definition) is 1. The molecule has 1 saturated heterocycles. The van der Waals surface area contributed by atoms with Crippen molar-refractivity contribution in [3.8, 4) is 5.75 Å². The minimum absolute atomic E-state index is 0.422. The molecule has 2 aliphatic rings. The highest BCUT2D eigenvalue weighted by Gasteiger charge is 2.39. The molecule has 2 unspecified atom stereocenters. The molecule has 126 valence electrons. The molecule has 0 bridgehead atoms. The van der Waals surface area contributed by atoms with Crippen LogP contribution in [0.2, 0.25) is 0 Å². The van der Waals surface area contributed by atoms with Crippen molar-refractivity contribution in [3.63, 3.8) is 0 Å². The van der Waals surface area contributed by atoms with Crippen molar-refractivity contribution in [3.05, 3.63) is 58.7 Å². The number of phenols is 1. The van der Waals surface area contributed by atoms with E-state index in [4.69, 9.17) is 0 Å². The Labute approximate surface area is 144 Å². The van der Waals surface area contributed by atoms with E-state index in [1.807, 2.05) is 12.1 Å². The molecule has 4 rings (SSSR count). The number of fused-ring (bicyclic) bond motifs is 2. The smallest absolute Gasteiger partial charge is 0.119 e. The summed E-state index contributed by atoms with van der Waals surface area (Å²) in [7, 11) is 2.24. The van der Waals surface area contributed by atoms with Gasteiger partial charge in [-0.05, 0) is 62.6 Å². The fraction of sp³-hybridized carbons (Fsp3) is 0.429. The highest BCUT2D eigenvalue weighted by Crippen LogP contribution is 2.37. The zero-order chi connectivity index (χ0) is 16.8.